The molecule has 17 heteroatoms. The monoisotopic (exact) mass is 580 g/mol. The van der Waals surface area contributed by atoms with Crippen LogP contribution in [0, 0.1) is 19.3 Å². The van der Waals surface area contributed by atoms with Gasteiger partial charge < -0.3 is 53.4 Å². The SMILES string of the molecule is Cc1cc(OC(N)=O)cc(C)c1C[C@H](NC(=O)[C@H](CC(=O)O)NC(=O)CNC(=O)[C@@H](N)CCCNC(=N)N)C(=O)O. The van der Waals surface area contributed by atoms with E-state index in [1.165, 1.54) is 12.1 Å². The number of carboxylic acid groups (broad SMARTS) is 2. The summed E-state index contributed by atoms with van der Waals surface area (Å²) in [6.45, 7) is 2.96. The first-order valence-electron chi connectivity index (χ1n) is 12.3. The second kappa shape index (κ2) is 16.2. The van der Waals surface area contributed by atoms with E-state index in [4.69, 9.17) is 27.3 Å². The molecule has 0 aromatic heterocycles. The van der Waals surface area contributed by atoms with E-state index in [0.717, 1.165) is 0 Å². The highest BCUT2D eigenvalue weighted by atomic mass is 16.5. The summed E-state index contributed by atoms with van der Waals surface area (Å²) in [5.41, 5.74) is 17.5. The highest BCUT2D eigenvalue weighted by molar-refractivity contribution is 5.94. The number of nitrogens with one attached hydrogen (secondary N) is 5. The highest BCUT2D eigenvalue weighted by Crippen LogP contribution is 2.23. The van der Waals surface area contributed by atoms with Crippen LogP contribution in [0.25, 0.3) is 0 Å². The fourth-order valence-electron chi connectivity index (χ4n) is 3.73. The van der Waals surface area contributed by atoms with Crippen molar-refractivity contribution < 1.29 is 43.7 Å². The largest absolute Gasteiger partial charge is 0.481 e. The van der Waals surface area contributed by atoms with Crippen molar-refractivity contribution in [2.75, 3.05) is 13.1 Å². The summed E-state index contributed by atoms with van der Waals surface area (Å²) in [4.78, 5) is 71.6. The lowest BCUT2D eigenvalue weighted by atomic mass is 9.95. The number of carboxylic acids is 2. The van der Waals surface area contributed by atoms with Crippen molar-refractivity contribution in [2.45, 2.75) is 57.7 Å². The second-order valence-electron chi connectivity index (χ2n) is 9.09. The predicted octanol–water partition coefficient (Wildman–Crippen LogP) is -2.46. The lowest BCUT2D eigenvalue weighted by Crippen LogP contribution is -2.54. The Morgan fingerprint density at radius 2 is 1.56 bits per heavy atom. The molecule has 41 heavy (non-hydrogen) atoms. The first kappa shape index (κ1) is 34.1. The zero-order valence-corrected chi connectivity index (χ0v) is 22.6. The molecule has 0 saturated carbocycles. The zero-order valence-electron chi connectivity index (χ0n) is 22.6. The number of ether oxygens (including phenoxy) is 1. The van der Waals surface area contributed by atoms with E-state index in [1.807, 2.05) is 0 Å². The van der Waals surface area contributed by atoms with Gasteiger partial charge >= 0.3 is 18.0 Å². The standard InChI is InChI=1S/C24H36N8O9/c1-11-6-13(41-24(28)40)7-12(2)14(11)8-17(22(38)39)32-21(37)16(9-19(34)35)31-18(33)10-30-20(36)15(25)4-3-5-29-23(26)27/h6-7,15-17H,3-5,8-10,25H2,1-2H3,(H2,28,40)(H,30,36)(H,31,33)(H,32,37)(H,34,35)(H,38,39)(H4,26,27,29)/t15-,16-,17-/m0/s1. The Balaban J connectivity index is 2.84. The fraction of sp³-hybridized carbons (Fsp3) is 0.458. The summed E-state index contributed by atoms with van der Waals surface area (Å²) in [5.74, 6) is -5.60. The van der Waals surface area contributed by atoms with Gasteiger partial charge in [-0.15, -0.1) is 0 Å². The van der Waals surface area contributed by atoms with Gasteiger partial charge in [-0.2, -0.15) is 0 Å². The number of amides is 4. The summed E-state index contributed by atoms with van der Waals surface area (Å²) in [6, 6.07) is -1.21. The number of hydrogen-bond donors (Lipinski definition) is 10. The molecular formula is C24H36N8O9. The van der Waals surface area contributed by atoms with Crippen LogP contribution in [0.1, 0.15) is 36.0 Å². The van der Waals surface area contributed by atoms with Gasteiger partial charge in [-0.05, 0) is 55.5 Å². The molecule has 0 aliphatic rings. The summed E-state index contributed by atoms with van der Waals surface area (Å²) in [7, 11) is 0. The number of aryl methyl sites for hydroxylation is 2. The maximum atomic E-state index is 12.8. The van der Waals surface area contributed by atoms with Gasteiger partial charge in [0.2, 0.25) is 17.7 Å². The van der Waals surface area contributed by atoms with Gasteiger partial charge in [0.25, 0.3) is 0 Å². The molecule has 0 aliphatic carbocycles. The molecule has 1 aromatic rings. The average Bonchev–Trinajstić information content (AvgIpc) is 2.84. The van der Waals surface area contributed by atoms with Gasteiger partial charge in [0.05, 0.1) is 19.0 Å². The van der Waals surface area contributed by atoms with Crippen molar-refractivity contribution in [3.8, 4) is 5.75 Å². The Morgan fingerprint density at radius 1 is 0.951 bits per heavy atom. The third-order valence-electron chi connectivity index (χ3n) is 5.71. The fourth-order valence-corrected chi connectivity index (χ4v) is 3.73. The van der Waals surface area contributed by atoms with Crippen LogP contribution in [0.3, 0.4) is 0 Å². The Bertz CT molecular complexity index is 1150. The Kier molecular flexibility index (Phi) is 13.5. The number of nitrogens with two attached hydrogens (primary N) is 3. The minimum Gasteiger partial charge on any atom is -0.481 e. The van der Waals surface area contributed by atoms with E-state index in [9.17, 15) is 39.0 Å². The zero-order chi connectivity index (χ0) is 31.3. The van der Waals surface area contributed by atoms with Crippen LogP contribution < -0.4 is 43.2 Å². The smallest absolute Gasteiger partial charge is 0.409 e. The van der Waals surface area contributed by atoms with Crippen LogP contribution in [0.2, 0.25) is 0 Å². The van der Waals surface area contributed by atoms with Crippen molar-refractivity contribution in [1.82, 2.24) is 21.3 Å². The Morgan fingerprint density at radius 3 is 2.07 bits per heavy atom. The maximum absolute atomic E-state index is 12.8. The second-order valence-corrected chi connectivity index (χ2v) is 9.09. The third kappa shape index (κ3) is 12.6. The number of benzene rings is 1. The Hall–Kier alpha value is -4.93. The van der Waals surface area contributed by atoms with Gasteiger partial charge in [0.15, 0.2) is 5.96 Å². The average molecular weight is 581 g/mol. The van der Waals surface area contributed by atoms with E-state index in [0.29, 0.717) is 29.7 Å². The number of carbonyl (C=O) groups is 6. The molecule has 1 rings (SSSR count). The van der Waals surface area contributed by atoms with Gasteiger partial charge in [-0.25, -0.2) is 9.59 Å². The van der Waals surface area contributed by atoms with Crippen LogP contribution in [-0.4, -0.2) is 83.1 Å². The lowest BCUT2D eigenvalue weighted by Gasteiger charge is -2.22. The maximum Gasteiger partial charge on any atom is 0.409 e. The van der Waals surface area contributed by atoms with E-state index in [-0.39, 0.29) is 24.6 Å². The molecule has 226 valence electrons. The lowest BCUT2D eigenvalue weighted by molar-refractivity contribution is -0.143. The number of rotatable bonds is 16. The van der Waals surface area contributed by atoms with Crippen LogP contribution in [0.5, 0.6) is 5.75 Å². The molecule has 0 bridgehead atoms. The minimum absolute atomic E-state index is 0.148. The number of aliphatic carboxylic acids is 2. The molecule has 0 radical (unpaired) electrons. The summed E-state index contributed by atoms with van der Waals surface area (Å²) < 4.78 is 4.84. The molecule has 3 atom stereocenters. The molecular weight excluding hydrogens is 544 g/mol. The quantitative estimate of drug-likeness (QED) is 0.0553. The van der Waals surface area contributed by atoms with Crippen molar-refractivity contribution in [3.63, 3.8) is 0 Å². The van der Waals surface area contributed by atoms with E-state index in [2.05, 4.69) is 21.3 Å². The first-order valence-corrected chi connectivity index (χ1v) is 12.3. The van der Waals surface area contributed by atoms with Crippen LogP contribution in [0.15, 0.2) is 12.1 Å². The molecule has 4 amide bonds. The van der Waals surface area contributed by atoms with Gasteiger partial charge in [-0.1, -0.05) is 0 Å². The van der Waals surface area contributed by atoms with E-state index in [1.54, 1.807) is 13.8 Å². The third-order valence-corrected chi connectivity index (χ3v) is 5.71. The van der Waals surface area contributed by atoms with E-state index >= 15 is 0 Å². The highest BCUT2D eigenvalue weighted by Gasteiger charge is 2.29. The van der Waals surface area contributed by atoms with Gasteiger partial charge in [0.1, 0.15) is 17.8 Å². The van der Waals surface area contributed by atoms with Crippen molar-refractivity contribution in [3.05, 3.63) is 28.8 Å². The van der Waals surface area contributed by atoms with Crippen molar-refractivity contribution in [1.29, 1.82) is 5.41 Å². The molecule has 0 saturated heterocycles. The van der Waals surface area contributed by atoms with Crippen LogP contribution >= 0.6 is 0 Å². The predicted molar refractivity (Wildman–Crippen MR) is 144 cm³/mol. The number of primary amides is 1. The van der Waals surface area contributed by atoms with Crippen molar-refractivity contribution >= 4 is 41.7 Å². The van der Waals surface area contributed by atoms with Crippen molar-refractivity contribution in [2.24, 2.45) is 17.2 Å². The molecule has 0 aliphatic heterocycles. The molecule has 0 unspecified atom stereocenters. The van der Waals surface area contributed by atoms with E-state index < -0.39 is 66.8 Å². The van der Waals surface area contributed by atoms with Gasteiger partial charge in [0, 0.05) is 13.0 Å². The number of carbonyl (C=O) groups excluding carboxylic acids is 4. The number of hydrogen-bond acceptors (Lipinski definition) is 9. The minimum atomic E-state index is -1.65. The van der Waals surface area contributed by atoms with Crippen LogP contribution in [-0.2, 0) is 30.4 Å². The molecule has 0 spiro atoms. The Labute approximate surface area is 235 Å². The van der Waals surface area contributed by atoms with Crippen LogP contribution in [0.4, 0.5) is 4.79 Å². The molecule has 0 heterocycles. The summed E-state index contributed by atoms with van der Waals surface area (Å²) >= 11 is 0. The summed E-state index contributed by atoms with van der Waals surface area (Å²) in [5, 5.41) is 35.2. The molecule has 17 nitrogen and oxygen atoms in total. The normalized spacial score (nSPS) is 12.7. The molecule has 1 aromatic carbocycles. The molecule has 13 N–H and O–H groups in total. The summed E-state index contributed by atoms with van der Waals surface area (Å²) in [6.07, 6.45) is -1.47. The topological polar surface area (TPSA) is 302 Å². The van der Waals surface area contributed by atoms with Gasteiger partial charge in [-0.3, -0.25) is 24.6 Å². The number of guanidine groups is 1. The first-order chi connectivity index (χ1) is 19.1. The molecule has 0 fully saturated rings.